The number of benzene rings is 2. The van der Waals surface area contributed by atoms with Gasteiger partial charge < -0.3 is 15.0 Å². The number of hydrogen-bond acceptors (Lipinski definition) is 4. The Hall–Kier alpha value is -3.61. The molecule has 0 bridgehead atoms. The molecule has 1 aliphatic heterocycles. The molecule has 1 aromatic heterocycles. The molecule has 7 heteroatoms. The van der Waals surface area contributed by atoms with Crippen molar-refractivity contribution >= 4 is 17.7 Å². The van der Waals surface area contributed by atoms with Gasteiger partial charge in [0.05, 0.1) is 23.1 Å². The lowest BCUT2D eigenvalue weighted by molar-refractivity contribution is 0.0203. The van der Waals surface area contributed by atoms with E-state index < -0.39 is 5.60 Å². The molecule has 0 atom stereocenters. The van der Waals surface area contributed by atoms with E-state index in [-0.39, 0.29) is 17.9 Å². The summed E-state index contributed by atoms with van der Waals surface area (Å²) in [5.41, 5.74) is 5.94. The molecule has 0 spiro atoms. The largest absolute Gasteiger partial charge is 0.444 e. The SMILES string of the molecule is Cc1ccc(-n2ncc(C(=O)Nc3ccc(C)cc3C)c2C2CCN(C(=O)OC(C)(C)C)CC2)cc1. The zero-order valence-electron chi connectivity index (χ0n) is 22.1. The van der Waals surface area contributed by atoms with Crippen LogP contribution in [0.4, 0.5) is 10.5 Å². The number of hydrogen-bond donors (Lipinski definition) is 1. The summed E-state index contributed by atoms with van der Waals surface area (Å²) in [6, 6.07) is 14.1. The Morgan fingerprint density at radius 2 is 1.61 bits per heavy atom. The van der Waals surface area contributed by atoms with Crippen LogP contribution in [-0.4, -0.2) is 45.4 Å². The quantitative estimate of drug-likeness (QED) is 0.477. The highest BCUT2D eigenvalue weighted by molar-refractivity contribution is 6.05. The van der Waals surface area contributed by atoms with E-state index in [9.17, 15) is 9.59 Å². The summed E-state index contributed by atoms with van der Waals surface area (Å²) in [6.07, 6.45) is 2.82. The van der Waals surface area contributed by atoms with Gasteiger partial charge in [0.1, 0.15) is 5.60 Å². The Labute approximate surface area is 213 Å². The minimum absolute atomic E-state index is 0.0763. The predicted molar refractivity (Wildman–Crippen MR) is 142 cm³/mol. The van der Waals surface area contributed by atoms with Crippen LogP contribution in [0.5, 0.6) is 0 Å². The average molecular weight is 489 g/mol. The molecular formula is C29H36N4O3. The highest BCUT2D eigenvalue weighted by atomic mass is 16.6. The monoisotopic (exact) mass is 488 g/mol. The van der Waals surface area contributed by atoms with Crippen LogP contribution < -0.4 is 5.32 Å². The zero-order valence-corrected chi connectivity index (χ0v) is 22.1. The van der Waals surface area contributed by atoms with Crippen LogP contribution >= 0.6 is 0 Å². The number of carbonyl (C=O) groups excluding carboxylic acids is 2. The first-order chi connectivity index (χ1) is 17.0. The van der Waals surface area contributed by atoms with Crippen LogP contribution in [0.3, 0.4) is 0 Å². The number of piperidine rings is 1. The molecule has 0 radical (unpaired) electrons. The van der Waals surface area contributed by atoms with Crippen molar-refractivity contribution in [3.05, 3.63) is 76.6 Å². The van der Waals surface area contributed by atoms with Crippen molar-refractivity contribution in [1.82, 2.24) is 14.7 Å². The first kappa shape index (κ1) is 25.5. The molecule has 2 aromatic carbocycles. The number of nitrogens with zero attached hydrogens (tertiary/aromatic N) is 3. The molecule has 36 heavy (non-hydrogen) atoms. The fourth-order valence-corrected chi connectivity index (χ4v) is 4.62. The van der Waals surface area contributed by atoms with Crippen molar-refractivity contribution in [3.8, 4) is 5.69 Å². The number of aromatic nitrogens is 2. The van der Waals surface area contributed by atoms with Crippen LogP contribution in [0.15, 0.2) is 48.7 Å². The number of ether oxygens (including phenoxy) is 1. The van der Waals surface area contributed by atoms with E-state index in [0.717, 1.165) is 46.6 Å². The summed E-state index contributed by atoms with van der Waals surface area (Å²) in [5.74, 6) is -0.0998. The molecule has 1 fully saturated rings. The summed E-state index contributed by atoms with van der Waals surface area (Å²) < 4.78 is 7.44. The Bertz CT molecular complexity index is 1250. The molecule has 0 saturated carbocycles. The molecule has 1 aliphatic rings. The number of anilines is 1. The maximum Gasteiger partial charge on any atom is 0.410 e. The van der Waals surface area contributed by atoms with Gasteiger partial charge in [-0.2, -0.15) is 5.10 Å². The number of likely N-dealkylation sites (tertiary alicyclic amines) is 1. The standard InChI is InChI=1S/C29H36N4O3/c1-19-7-10-23(11-8-19)33-26(22-13-15-32(16-14-22)28(35)36-29(4,5)6)24(18-30-33)27(34)31-25-12-9-20(2)17-21(25)3/h7-12,17-18,22H,13-16H2,1-6H3,(H,31,34). The third kappa shape index (κ3) is 5.78. The number of amides is 2. The average Bonchev–Trinajstić information content (AvgIpc) is 3.25. The van der Waals surface area contributed by atoms with Gasteiger partial charge in [-0.25, -0.2) is 9.48 Å². The highest BCUT2D eigenvalue weighted by Crippen LogP contribution is 2.33. The lowest BCUT2D eigenvalue weighted by Gasteiger charge is -2.34. The molecular weight excluding hydrogens is 452 g/mol. The van der Waals surface area contributed by atoms with Crippen molar-refractivity contribution in [3.63, 3.8) is 0 Å². The van der Waals surface area contributed by atoms with Crippen LogP contribution in [-0.2, 0) is 4.74 Å². The summed E-state index contributed by atoms with van der Waals surface area (Å²) >= 11 is 0. The van der Waals surface area contributed by atoms with E-state index >= 15 is 0 Å². The summed E-state index contributed by atoms with van der Waals surface area (Å²) in [7, 11) is 0. The lowest BCUT2D eigenvalue weighted by atomic mass is 9.90. The molecule has 0 unspecified atom stereocenters. The van der Waals surface area contributed by atoms with E-state index in [0.29, 0.717) is 18.7 Å². The number of carbonyl (C=O) groups is 2. The molecule has 0 aliphatic carbocycles. The first-order valence-electron chi connectivity index (χ1n) is 12.5. The molecule has 190 valence electrons. The lowest BCUT2D eigenvalue weighted by Crippen LogP contribution is -2.41. The fraction of sp³-hybridized carbons (Fsp3) is 0.414. The van der Waals surface area contributed by atoms with Gasteiger partial charge in [-0.1, -0.05) is 35.4 Å². The van der Waals surface area contributed by atoms with Crippen molar-refractivity contribution in [2.45, 2.75) is 65.9 Å². The van der Waals surface area contributed by atoms with Crippen molar-refractivity contribution in [2.75, 3.05) is 18.4 Å². The first-order valence-corrected chi connectivity index (χ1v) is 12.5. The number of rotatable bonds is 4. The molecule has 1 N–H and O–H groups in total. The second-order valence-electron chi connectivity index (χ2n) is 10.7. The molecule has 1 saturated heterocycles. The Balaban J connectivity index is 1.62. The van der Waals surface area contributed by atoms with Crippen LogP contribution in [0, 0.1) is 20.8 Å². The van der Waals surface area contributed by atoms with Gasteiger partial charge in [0.15, 0.2) is 0 Å². The van der Waals surface area contributed by atoms with Gasteiger partial charge >= 0.3 is 6.09 Å². The second-order valence-corrected chi connectivity index (χ2v) is 10.7. The van der Waals surface area contributed by atoms with Gasteiger partial charge in [-0.3, -0.25) is 4.79 Å². The van der Waals surface area contributed by atoms with E-state index in [1.807, 2.05) is 82.6 Å². The fourth-order valence-electron chi connectivity index (χ4n) is 4.62. The Kier molecular flexibility index (Phi) is 7.20. The minimum atomic E-state index is -0.530. The van der Waals surface area contributed by atoms with Gasteiger partial charge in [-0.15, -0.1) is 0 Å². The third-order valence-corrected chi connectivity index (χ3v) is 6.49. The van der Waals surface area contributed by atoms with Crippen molar-refractivity contribution in [1.29, 1.82) is 0 Å². The van der Waals surface area contributed by atoms with E-state index in [2.05, 4.69) is 16.5 Å². The number of aryl methyl sites for hydroxylation is 3. The molecule has 7 nitrogen and oxygen atoms in total. The summed E-state index contributed by atoms with van der Waals surface area (Å²) in [6.45, 7) is 12.8. The second kappa shape index (κ2) is 10.2. The zero-order chi connectivity index (χ0) is 26.0. The third-order valence-electron chi connectivity index (χ3n) is 6.49. The van der Waals surface area contributed by atoms with Crippen LogP contribution in [0.2, 0.25) is 0 Å². The van der Waals surface area contributed by atoms with Gasteiger partial charge in [0.2, 0.25) is 0 Å². The predicted octanol–water partition coefficient (Wildman–Crippen LogP) is 6.16. The van der Waals surface area contributed by atoms with Crippen LogP contribution in [0.1, 0.15) is 72.3 Å². The van der Waals surface area contributed by atoms with Gasteiger partial charge in [0, 0.05) is 24.7 Å². The van der Waals surface area contributed by atoms with Crippen molar-refractivity contribution in [2.24, 2.45) is 0 Å². The van der Waals surface area contributed by atoms with Gasteiger partial charge in [0.25, 0.3) is 5.91 Å². The smallest absolute Gasteiger partial charge is 0.410 e. The van der Waals surface area contributed by atoms with Crippen LogP contribution in [0.25, 0.3) is 5.69 Å². The normalized spacial score (nSPS) is 14.6. The molecule has 3 aromatic rings. The highest BCUT2D eigenvalue weighted by Gasteiger charge is 2.32. The van der Waals surface area contributed by atoms with E-state index in [1.54, 1.807) is 11.1 Å². The van der Waals surface area contributed by atoms with E-state index in [4.69, 9.17) is 4.74 Å². The van der Waals surface area contributed by atoms with Gasteiger partial charge in [-0.05, 0) is 78.1 Å². The number of nitrogens with one attached hydrogen (secondary N) is 1. The molecule has 2 heterocycles. The Morgan fingerprint density at radius 1 is 0.972 bits per heavy atom. The maximum absolute atomic E-state index is 13.5. The summed E-state index contributed by atoms with van der Waals surface area (Å²) in [5, 5.41) is 7.73. The molecule has 4 rings (SSSR count). The molecule has 2 amide bonds. The minimum Gasteiger partial charge on any atom is -0.444 e. The maximum atomic E-state index is 13.5. The summed E-state index contributed by atoms with van der Waals surface area (Å²) in [4.78, 5) is 27.8. The van der Waals surface area contributed by atoms with Crippen molar-refractivity contribution < 1.29 is 14.3 Å². The Morgan fingerprint density at radius 3 is 2.22 bits per heavy atom. The topological polar surface area (TPSA) is 76.5 Å². The van der Waals surface area contributed by atoms with E-state index in [1.165, 1.54) is 0 Å².